The summed E-state index contributed by atoms with van der Waals surface area (Å²) in [6, 6.07) is 8.00. The average Bonchev–Trinajstić information content (AvgIpc) is 3.92. The van der Waals surface area contributed by atoms with E-state index in [0.29, 0.717) is 96.5 Å². The van der Waals surface area contributed by atoms with Crippen molar-refractivity contribution in [1.82, 2.24) is 34.6 Å². The Morgan fingerprint density at radius 2 is 1.67 bits per heavy atom. The van der Waals surface area contributed by atoms with Gasteiger partial charge in [0.05, 0.1) is 41.3 Å². The molecular weight excluding hydrogens is 891 g/mol. The van der Waals surface area contributed by atoms with Crippen LogP contribution >= 0.6 is 11.6 Å². The van der Waals surface area contributed by atoms with E-state index in [9.17, 15) is 19.2 Å². The number of likely N-dealkylation sites (tertiary alicyclic amines) is 3. The highest BCUT2D eigenvalue weighted by Crippen LogP contribution is 2.45. The number of methoxy groups -OCH3 is 1. The van der Waals surface area contributed by atoms with Crippen LogP contribution in [0.1, 0.15) is 89.8 Å². The number of ether oxygens (including phenoxy) is 1. The van der Waals surface area contributed by atoms with Crippen LogP contribution in [0.3, 0.4) is 0 Å². The lowest BCUT2D eigenvalue weighted by atomic mass is 9.70. The Morgan fingerprint density at radius 3 is 2.31 bits per heavy atom. The summed E-state index contributed by atoms with van der Waals surface area (Å²) in [7, 11) is 3.50. The van der Waals surface area contributed by atoms with E-state index in [1.807, 2.05) is 9.80 Å². The number of anilines is 4. The van der Waals surface area contributed by atoms with E-state index >= 15 is 13.2 Å². The molecule has 67 heavy (non-hydrogen) atoms. The zero-order valence-corrected chi connectivity index (χ0v) is 38.6. The number of primary amides is 1. The lowest BCUT2D eigenvalue weighted by molar-refractivity contribution is -0.139. The number of alkyl halides is 2. The molecule has 6 aliphatic rings. The fraction of sp³-hybridized carbons (Fsp3) is 0.532. The van der Waals surface area contributed by atoms with E-state index in [0.717, 1.165) is 31.2 Å². The van der Waals surface area contributed by atoms with Crippen LogP contribution in [0.25, 0.3) is 5.65 Å². The fourth-order valence-electron chi connectivity index (χ4n) is 10.6. The maximum Gasteiger partial charge on any atom is 0.328 e. The third-order valence-corrected chi connectivity index (χ3v) is 15.1. The van der Waals surface area contributed by atoms with Crippen molar-refractivity contribution in [1.29, 1.82) is 0 Å². The number of hydrogen-bond acceptors (Lipinski definition) is 11. The summed E-state index contributed by atoms with van der Waals surface area (Å²) in [5.74, 6) is -4.21. The summed E-state index contributed by atoms with van der Waals surface area (Å²) in [5.41, 5.74) is 9.58. The predicted molar refractivity (Wildman–Crippen MR) is 247 cm³/mol. The maximum absolute atomic E-state index is 16.1. The third kappa shape index (κ3) is 9.39. The number of imidazole rings is 1. The molecule has 20 heteroatoms. The first-order valence-electron chi connectivity index (χ1n) is 23.2. The normalized spacial score (nSPS) is 22.0. The summed E-state index contributed by atoms with van der Waals surface area (Å²) in [4.78, 5) is 62.8. The van der Waals surface area contributed by atoms with Gasteiger partial charge in [-0.2, -0.15) is 0 Å². The summed E-state index contributed by atoms with van der Waals surface area (Å²) in [5, 5.41) is 10.3. The SMILES string of the molecule is CNc1cc(N2CCc3c(CN4CCC(N5CCC6(CCN(C(=O)c7ccc(Cl)c(N8CCC(=O)NC8=O)c7)CC6)CC5)C(F)(F)C4)cc(F)cc32)nn2c(C(N)=O)cnc12.COC1CCC1. The molecule has 7 heterocycles. The molecule has 16 nitrogen and oxygen atoms in total. The molecule has 2 aromatic carbocycles. The molecule has 0 bridgehead atoms. The van der Waals surface area contributed by atoms with Crippen LogP contribution < -0.4 is 26.2 Å². The van der Waals surface area contributed by atoms with Crippen molar-refractivity contribution in [2.24, 2.45) is 11.1 Å². The number of hydrogen-bond donors (Lipinski definition) is 3. The zero-order chi connectivity index (χ0) is 47.2. The number of amides is 5. The van der Waals surface area contributed by atoms with Gasteiger partial charge < -0.3 is 25.6 Å². The van der Waals surface area contributed by atoms with Gasteiger partial charge in [-0.25, -0.2) is 27.5 Å². The Morgan fingerprint density at radius 1 is 0.940 bits per heavy atom. The van der Waals surface area contributed by atoms with Crippen molar-refractivity contribution in [2.45, 2.75) is 88.8 Å². The van der Waals surface area contributed by atoms with Crippen LogP contribution in [0.5, 0.6) is 0 Å². The number of carbonyl (C=O) groups excluding carboxylic acids is 4. The molecule has 1 saturated carbocycles. The number of nitrogens with one attached hydrogen (secondary N) is 2. The van der Waals surface area contributed by atoms with Crippen LogP contribution in [0, 0.1) is 11.2 Å². The van der Waals surface area contributed by atoms with Crippen LogP contribution in [0.4, 0.5) is 40.8 Å². The quantitative estimate of drug-likeness (QED) is 0.174. The fourth-order valence-corrected chi connectivity index (χ4v) is 10.8. The maximum atomic E-state index is 16.1. The van der Waals surface area contributed by atoms with Gasteiger partial charge in [-0.05, 0) is 118 Å². The number of imide groups is 1. The van der Waals surface area contributed by atoms with E-state index in [1.165, 1.54) is 47.0 Å². The van der Waals surface area contributed by atoms with Gasteiger partial charge in [-0.1, -0.05) is 11.6 Å². The van der Waals surface area contributed by atoms with E-state index in [1.54, 1.807) is 48.2 Å². The molecule has 5 amide bonds. The standard InChI is InChI=1S/C42H47ClF3N11O4.C5H10O/c1-48-30-21-35(51-57-33(37(47)59)22-49-38(30)57)55-12-4-28-26(18-27(44)20-31(28)55)23-52-11-5-34(42(45,46)24-52)53-14-7-41(8-15-53)9-16-54(17-10-41)39(60)25-2-3-29(43)32(19-25)56-13-6-36(58)50-40(56)61;1-6-5-3-2-4-5/h2-3,18-22,34,48H,4-17,23-24H2,1H3,(H2,47,59)(H,50,58,61);5H,2-4H2,1H3. The number of nitrogens with two attached hydrogens (primary N) is 1. The van der Waals surface area contributed by atoms with Crippen molar-refractivity contribution < 1.29 is 37.1 Å². The van der Waals surface area contributed by atoms with E-state index < -0.39 is 36.3 Å². The van der Waals surface area contributed by atoms with Gasteiger partial charge in [0, 0.05) is 77.2 Å². The number of carbonyl (C=O) groups is 4. The molecule has 1 aliphatic carbocycles. The number of aromatic nitrogens is 3. The second kappa shape index (κ2) is 18.9. The number of halogens is 4. The van der Waals surface area contributed by atoms with Gasteiger partial charge in [0.25, 0.3) is 17.7 Å². The van der Waals surface area contributed by atoms with Crippen LogP contribution in [-0.2, 0) is 22.5 Å². The van der Waals surface area contributed by atoms with E-state index in [4.69, 9.17) is 22.1 Å². The van der Waals surface area contributed by atoms with Crippen molar-refractivity contribution in [2.75, 3.05) is 81.6 Å². The van der Waals surface area contributed by atoms with Crippen molar-refractivity contribution >= 4 is 63.9 Å². The third-order valence-electron chi connectivity index (χ3n) is 14.8. The molecule has 4 aromatic rings. The molecule has 358 valence electrons. The first kappa shape index (κ1) is 46.6. The Labute approximate surface area is 391 Å². The lowest BCUT2D eigenvalue weighted by Gasteiger charge is -2.51. The molecule has 1 atom stereocenters. The first-order valence-corrected chi connectivity index (χ1v) is 23.6. The largest absolute Gasteiger partial charge is 0.385 e. The van der Waals surface area contributed by atoms with Gasteiger partial charge in [0.2, 0.25) is 5.91 Å². The van der Waals surface area contributed by atoms with Gasteiger partial charge in [0.1, 0.15) is 11.5 Å². The molecular formula is C47H57ClF3N11O5. The van der Waals surface area contributed by atoms with Gasteiger partial charge >= 0.3 is 6.03 Å². The minimum atomic E-state index is -2.98. The molecule has 1 spiro atoms. The lowest BCUT2D eigenvalue weighted by Crippen LogP contribution is -2.60. The predicted octanol–water partition coefficient (Wildman–Crippen LogP) is 6.22. The van der Waals surface area contributed by atoms with Crippen molar-refractivity contribution in [3.63, 3.8) is 0 Å². The zero-order valence-electron chi connectivity index (χ0n) is 37.8. The monoisotopic (exact) mass is 947 g/mol. The van der Waals surface area contributed by atoms with Gasteiger partial charge in [-0.3, -0.25) is 34.4 Å². The molecule has 5 aliphatic heterocycles. The van der Waals surface area contributed by atoms with E-state index in [2.05, 4.69) is 20.7 Å². The van der Waals surface area contributed by atoms with Crippen LogP contribution in [0.2, 0.25) is 5.02 Å². The highest BCUT2D eigenvalue weighted by atomic mass is 35.5. The minimum Gasteiger partial charge on any atom is -0.385 e. The molecule has 5 fully saturated rings. The number of fused-ring (bicyclic) bond motifs is 2. The Bertz CT molecular complexity index is 2550. The van der Waals surface area contributed by atoms with Crippen LogP contribution in [-0.4, -0.2) is 138 Å². The Balaban J connectivity index is 0.000000870. The van der Waals surface area contributed by atoms with Gasteiger partial charge in [-0.15, -0.1) is 5.10 Å². The second-order valence-electron chi connectivity index (χ2n) is 18.7. The molecule has 1 unspecified atom stereocenters. The molecule has 10 rings (SSSR count). The molecule has 4 saturated heterocycles. The number of urea groups is 1. The molecule has 2 aromatic heterocycles. The molecule has 0 radical (unpaired) electrons. The van der Waals surface area contributed by atoms with E-state index in [-0.39, 0.29) is 48.9 Å². The first-order chi connectivity index (χ1) is 32.2. The summed E-state index contributed by atoms with van der Waals surface area (Å²) >= 11 is 6.40. The molecule has 4 N–H and O–H groups in total. The van der Waals surface area contributed by atoms with Gasteiger partial charge in [0.15, 0.2) is 11.5 Å². The number of benzene rings is 2. The second-order valence-corrected chi connectivity index (χ2v) is 19.1. The summed E-state index contributed by atoms with van der Waals surface area (Å²) in [6.45, 7) is 3.02. The number of piperidine rings is 3. The van der Waals surface area contributed by atoms with Crippen molar-refractivity contribution in [3.05, 3.63) is 75.8 Å². The summed E-state index contributed by atoms with van der Waals surface area (Å²) in [6.07, 6.45) is 9.99. The topological polar surface area (TPSA) is 174 Å². The minimum absolute atomic E-state index is 0.0305. The summed E-state index contributed by atoms with van der Waals surface area (Å²) < 4.78 is 53.9. The highest BCUT2D eigenvalue weighted by molar-refractivity contribution is 6.34. The Hall–Kier alpha value is -5.50. The average molecular weight is 948 g/mol. The number of rotatable bonds is 9. The highest BCUT2D eigenvalue weighted by Gasteiger charge is 2.50. The number of nitrogens with zero attached hydrogens (tertiary/aromatic N) is 8. The Kier molecular flexibility index (Phi) is 13.1. The smallest absolute Gasteiger partial charge is 0.328 e. The van der Waals surface area contributed by atoms with Crippen LogP contribution in [0.15, 0.2) is 42.6 Å². The van der Waals surface area contributed by atoms with Crippen molar-refractivity contribution in [3.8, 4) is 0 Å².